The number of aromatic hydroxyl groups is 1. The van der Waals surface area contributed by atoms with Crippen LogP contribution >= 0.6 is 23.2 Å². The number of aliphatic hydroxyl groups excluding tert-OH is 1. The summed E-state index contributed by atoms with van der Waals surface area (Å²) in [5.41, 5.74) is 0.973. The van der Waals surface area contributed by atoms with Gasteiger partial charge in [-0.25, -0.2) is 4.39 Å². The van der Waals surface area contributed by atoms with Gasteiger partial charge in [-0.3, -0.25) is 14.5 Å². The number of fused-ring (bicyclic) bond motifs is 1. The van der Waals surface area contributed by atoms with Gasteiger partial charge in [-0.15, -0.1) is 0 Å². The third-order valence-electron chi connectivity index (χ3n) is 5.11. The quantitative estimate of drug-likeness (QED) is 0.541. The van der Waals surface area contributed by atoms with Gasteiger partial charge in [0.1, 0.15) is 11.6 Å². The van der Waals surface area contributed by atoms with Crippen LogP contribution in [0.2, 0.25) is 10.0 Å². The molecule has 0 saturated heterocycles. The maximum atomic E-state index is 14.3. The van der Waals surface area contributed by atoms with Gasteiger partial charge in [-0.2, -0.15) is 0 Å². The second-order valence-electron chi connectivity index (χ2n) is 7.18. The molecule has 3 aromatic rings. The number of phenolic OH excluding ortho intramolecular Hbond substituents is 1. The van der Waals surface area contributed by atoms with E-state index in [0.717, 1.165) is 17.0 Å². The van der Waals surface area contributed by atoms with Gasteiger partial charge in [0.25, 0.3) is 11.8 Å². The highest BCUT2D eigenvalue weighted by Gasteiger charge is 2.36. The van der Waals surface area contributed by atoms with Crippen molar-refractivity contribution in [3.05, 3.63) is 87.2 Å². The average Bonchev–Trinajstić information content (AvgIpc) is 2.96. The van der Waals surface area contributed by atoms with E-state index < -0.39 is 23.7 Å². The molecule has 0 aliphatic carbocycles. The monoisotopic (exact) mass is 459 g/mol. The second kappa shape index (κ2) is 8.30. The summed E-state index contributed by atoms with van der Waals surface area (Å²) < 4.78 is 14.3. The standard InChI is InChI=1S/C23H16Cl2FNO4/c24-18-6-3-7-19(25)20(18)17-10-13(26)8-12(21(17)29)9-14(28)11-27-22(30)15-4-1-2-5-16(15)23(27)31/h1-8,10,14,28-29H,9,11H2/t14-/m0/s1. The van der Waals surface area contributed by atoms with Crippen molar-refractivity contribution in [3.8, 4) is 16.9 Å². The summed E-state index contributed by atoms with van der Waals surface area (Å²) in [6.07, 6.45) is -1.43. The van der Waals surface area contributed by atoms with Crippen LogP contribution in [0.5, 0.6) is 5.75 Å². The molecule has 0 aromatic heterocycles. The summed E-state index contributed by atoms with van der Waals surface area (Å²) in [7, 11) is 0. The molecule has 2 N–H and O–H groups in total. The minimum absolute atomic E-state index is 0.0820. The number of aliphatic hydroxyl groups is 1. The third-order valence-corrected chi connectivity index (χ3v) is 5.74. The smallest absolute Gasteiger partial charge is 0.261 e. The molecular formula is C23H16Cl2FNO4. The Morgan fingerprint density at radius 3 is 2.06 bits per heavy atom. The van der Waals surface area contributed by atoms with Crippen LogP contribution in [0.15, 0.2) is 54.6 Å². The van der Waals surface area contributed by atoms with E-state index in [1.54, 1.807) is 42.5 Å². The van der Waals surface area contributed by atoms with Crippen LogP contribution in [-0.2, 0) is 6.42 Å². The number of β-amino-alcohol motifs (C(OH)–C–C–N with tert-alkyl or cyclic N) is 1. The number of rotatable bonds is 5. The largest absolute Gasteiger partial charge is 0.507 e. The topological polar surface area (TPSA) is 77.8 Å². The van der Waals surface area contributed by atoms with Crippen molar-refractivity contribution in [1.82, 2.24) is 4.90 Å². The molecule has 0 fully saturated rings. The molecule has 0 radical (unpaired) electrons. The normalized spacial score (nSPS) is 14.1. The van der Waals surface area contributed by atoms with Crippen molar-refractivity contribution in [2.45, 2.75) is 12.5 Å². The van der Waals surface area contributed by atoms with E-state index in [9.17, 15) is 24.2 Å². The zero-order chi connectivity index (χ0) is 22.3. The molecule has 0 saturated carbocycles. The summed E-state index contributed by atoms with van der Waals surface area (Å²) in [4.78, 5) is 25.9. The Kier molecular flexibility index (Phi) is 5.71. The number of benzene rings is 3. The minimum atomic E-state index is -1.23. The number of hydrogen-bond acceptors (Lipinski definition) is 4. The highest BCUT2D eigenvalue weighted by Crippen LogP contribution is 2.41. The number of imide groups is 1. The van der Waals surface area contributed by atoms with Crippen LogP contribution in [0, 0.1) is 5.82 Å². The van der Waals surface area contributed by atoms with Crippen LogP contribution in [0.1, 0.15) is 26.3 Å². The number of carbonyl (C=O) groups excluding carboxylic acids is 2. The Bertz CT molecular complexity index is 1160. The lowest BCUT2D eigenvalue weighted by Crippen LogP contribution is -2.37. The van der Waals surface area contributed by atoms with Gasteiger partial charge in [0.05, 0.1) is 33.8 Å². The highest BCUT2D eigenvalue weighted by atomic mass is 35.5. The van der Waals surface area contributed by atoms with Crippen molar-refractivity contribution < 1.29 is 24.2 Å². The van der Waals surface area contributed by atoms with Crippen molar-refractivity contribution in [1.29, 1.82) is 0 Å². The van der Waals surface area contributed by atoms with E-state index in [4.69, 9.17) is 23.2 Å². The molecule has 1 aliphatic heterocycles. The molecule has 3 aromatic carbocycles. The van der Waals surface area contributed by atoms with Gasteiger partial charge in [0.2, 0.25) is 0 Å². The Morgan fingerprint density at radius 1 is 0.903 bits per heavy atom. The molecule has 8 heteroatoms. The van der Waals surface area contributed by atoms with Crippen LogP contribution < -0.4 is 0 Å². The van der Waals surface area contributed by atoms with Crippen LogP contribution in [0.4, 0.5) is 4.39 Å². The average molecular weight is 460 g/mol. The zero-order valence-corrected chi connectivity index (χ0v) is 17.5. The van der Waals surface area contributed by atoms with Gasteiger partial charge in [-0.05, 0) is 36.4 Å². The van der Waals surface area contributed by atoms with E-state index in [1.165, 1.54) is 0 Å². The highest BCUT2D eigenvalue weighted by molar-refractivity contribution is 6.39. The van der Waals surface area contributed by atoms with Gasteiger partial charge in [0.15, 0.2) is 0 Å². The van der Waals surface area contributed by atoms with Gasteiger partial charge < -0.3 is 10.2 Å². The van der Waals surface area contributed by atoms with Crippen LogP contribution in [0.3, 0.4) is 0 Å². The SMILES string of the molecule is O=C1c2ccccc2C(=O)N1C[C@@H](O)Cc1cc(F)cc(-c2c(Cl)cccc2Cl)c1O. The molecule has 5 nitrogen and oxygen atoms in total. The number of hydrogen-bond donors (Lipinski definition) is 2. The number of phenols is 1. The molecule has 2 amide bonds. The van der Waals surface area contributed by atoms with Gasteiger partial charge >= 0.3 is 0 Å². The second-order valence-corrected chi connectivity index (χ2v) is 8.00. The van der Waals surface area contributed by atoms with E-state index in [2.05, 4.69) is 0 Å². The minimum Gasteiger partial charge on any atom is -0.507 e. The Hall–Kier alpha value is -2.93. The molecule has 158 valence electrons. The number of carbonyl (C=O) groups is 2. The fourth-order valence-corrected chi connectivity index (χ4v) is 4.29. The lowest BCUT2D eigenvalue weighted by molar-refractivity contribution is 0.0543. The molecule has 0 spiro atoms. The fraction of sp³-hybridized carbons (Fsp3) is 0.130. The van der Waals surface area contributed by atoms with E-state index in [-0.39, 0.29) is 56.6 Å². The fourth-order valence-electron chi connectivity index (χ4n) is 3.69. The summed E-state index contributed by atoms with van der Waals surface area (Å²) >= 11 is 12.4. The van der Waals surface area contributed by atoms with Crippen molar-refractivity contribution in [2.75, 3.05) is 6.54 Å². The van der Waals surface area contributed by atoms with E-state index in [1.807, 2.05) is 0 Å². The first-order valence-electron chi connectivity index (χ1n) is 9.37. The van der Waals surface area contributed by atoms with Crippen molar-refractivity contribution in [3.63, 3.8) is 0 Å². The molecule has 1 atom stereocenters. The van der Waals surface area contributed by atoms with E-state index >= 15 is 0 Å². The Balaban J connectivity index is 1.60. The summed E-state index contributed by atoms with van der Waals surface area (Å²) in [5, 5.41) is 21.7. The Morgan fingerprint density at radius 2 is 1.48 bits per heavy atom. The third kappa shape index (κ3) is 3.90. The van der Waals surface area contributed by atoms with Crippen LogP contribution in [0.25, 0.3) is 11.1 Å². The van der Waals surface area contributed by atoms with Gasteiger partial charge in [0, 0.05) is 23.1 Å². The lowest BCUT2D eigenvalue weighted by atomic mass is 9.97. The predicted molar refractivity (Wildman–Crippen MR) is 115 cm³/mol. The summed E-state index contributed by atoms with van der Waals surface area (Å²) in [5.74, 6) is -1.97. The molecular weight excluding hydrogens is 444 g/mol. The number of nitrogens with zero attached hydrogens (tertiary/aromatic N) is 1. The van der Waals surface area contributed by atoms with Crippen molar-refractivity contribution in [2.24, 2.45) is 0 Å². The van der Waals surface area contributed by atoms with E-state index in [0.29, 0.717) is 0 Å². The van der Waals surface area contributed by atoms with Crippen LogP contribution in [-0.4, -0.2) is 39.6 Å². The number of amides is 2. The summed E-state index contributed by atoms with van der Waals surface area (Å²) in [6.45, 7) is -0.301. The Labute approximate surface area is 187 Å². The maximum Gasteiger partial charge on any atom is 0.261 e. The molecule has 0 bridgehead atoms. The first-order valence-corrected chi connectivity index (χ1v) is 10.1. The molecule has 1 heterocycles. The first kappa shape index (κ1) is 21.3. The first-order chi connectivity index (χ1) is 14.8. The number of halogens is 3. The molecule has 31 heavy (non-hydrogen) atoms. The van der Waals surface area contributed by atoms with Crippen molar-refractivity contribution >= 4 is 35.0 Å². The summed E-state index contributed by atoms with van der Waals surface area (Å²) in [6, 6.07) is 13.3. The maximum absolute atomic E-state index is 14.3. The lowest BCUT2D eigenvalue weighted by Gasteiger charge is -2.20. The zero-order valence-electron chi connectivity index (χ0n) is 16.0. The molecule has 4 rings (SSSR count). The van der Waals surface area contributed by atoms with Gasteiger partial charge in [-0.1, -0.05) is 41.4 Å². The predicted octanol–water partition coefficient (Wildman–Crippen LogP) is 4.70. The molecule has 0 unspecified atom stereocenters. The molecule has 1 aliphatic rings.